The van der Waals surface area contributed by atoms with Crippen molar-refractivity contribution in [2.24, 2.45) is 23.7 Å². The van der Waals surface area contributed by atoms with Crippen LogP contribution in [-0.2, 0) is 14.3 Å². The second-order valence-corrected chi connectivity index (χ2v) is 8.33. The zero-order valence-electron chi connectivity index (χ0n) is 16.8. The van der Waals surface area contributed by atoms with Crippen LogP contribution in [0.4, 0.5) is 0 Å². The molecule has 0 aromatic rings. The fourth-order valence-corrected chi connectivity index (χ4v) is 4.48. The molecule has 5 heteroatoms. The van der Waals surface area contributed by atoms with Crippen molar-refractivity contribution in [1.82, 2.24) is 0 Å². The number of rotatable bonds is 11. The highest BCUT2D eigenvalue weighted by Crippen LogP contribution is 2.39. The molecule has 154 valence electrons. The molecule has 2 fully saturated rings. The van der Waals surface area contributed by atoms with Gasteiger partial charge in [0.15, 0.2) is 0 Å². The number of Topliss-reactive ketones (excluding diaryl/α,β-unsaturated/α-hetero) is 1. The van der Waals surface area contributed by atoms with E-state index < -0.39 is 12.2 Å². The summed E-state index contributed by atoms with van der Waals surface area (Å²) in [6.45, 7) is 2.18. The first-order valence-electron chi connectivity index (χ1n) is 10.6. The minimum atomic E-state index is -0.630. The molecule has 0 aromatic heterocycles. The van der Waals surface area contributed by atoms with Gasteiger partial charge < -0.3 is 14.9 Å². The zero-order chi connectivity index (χ0) is 19.8. The van der Waals surface area contributed by atoms with E-state index in [0.717, 1.165) is 50.9 Å². The largest absolute Gasteiger partial charge is 0.469 e. The summed E-state index contributed by atoms with van der Waals surface area (Å²) in [5.41, 5.74) is 0. The quantitative estimate of drug-likeness (QED) is 0.326. The molecule has 2 saturated carbocycles. The molecule has 0 radical (unpaired) electrons. The molecular formula is C22H36O5. The predicted octanol–water partition coefficient (Wildman–Crippen LogP) is 3.42. The van der Waals surface area contributed by atoms with Crippen LogP contribution >= 0.6 is 0 Å². The average molecular weight is 381 g/mol. The number of methoxy groups -OCH3 is 1. The summed E-state index contributed by atoms with van der Waals surface area (Å²) in [4.78, 5) is 23.3. The van der Waals surface area contributed by atoms with Crippen molar-refractivity contribution < 1.29 is 24.5 Å². The van der Waals surface area contributed by atoms with Crippen molar-refractivity contribution >= 4 is 11.8 Å². The molecule has 0 unspecified atom stereocenters. The van der Waals surface area contributed by atoms with Crippen LogP contribution in [0.5, 0.6) is 0 Å². The maximum atomic E-state index is 12.3. The lowest BCUT2D eigenvalue weighted by molar-refractivity contribution is -0.140. The Labute approximate surface area is 163 Å². The first-order chi connectivity index (χ1) is 13.0. The first-order valence-corrected chi connectivity index (χ1v) is 10.6. The summed E-state index contributed by atoms with van der Waals surface area (Å²) >= 11 is 0. The number of hydrogen-bond donors (Lipinski definition) is 2. The molecule has 2 rings (SSSR count). The van der Waals surface area contributed by atoms with E-state index in [9.17, 15) is 19.8 Å². The van der Waals surface area contributed by atoms with Crippen molar-refractivity contribution in [1.29, 1.82) is 0 Å². The van der Waals surface area contributed by atoms with Crippen LogP contribution in [0.25, 0.3) is 0 Å². The molecule has 0 saturated heterocycles. The van der Waals surface area contributed by atoms with Gasteiger partial charge in [0.25, 0.3) is 0 Å². The first kappa shape index (κ1) is 22.1. The molecule has 0 aliphatic heterocycles. The molecular weight excluding hydrogens is 344 g/mol. The molecule has 0 aromatic carbocycles. The van der Waals surface area contributed by atoms with Crippen molar-refractivity contribution in [3.63, 3.8) is 0 Å². The van der Waals surface area contributed by atoms with E-state index in [1.807, 2.05) is 12.2 Å². The van der Waals surface area contributed by atoms with Gasteiger partial charge in [-0.1, -0.05) is 44.8 Å². The maximum Gasteiger partial charge on any atom is 0.305 e. The topological polar surface area (TPSA) is 83.8 Å². The smallest absolute Gasteiger partial charge is 0.305 e. The Morgan fingerprint density at radius 1 is 1.26 bits per heavy atom. The Bertz CT molecular complexity index is 509. The van der Waals surface area contributed by atoms with Gasteiger partial charge in [-0.15, -0.1) is 0 Å². The lowest BCUT2D eigenvalue weighted by atomic mass is 9.70. The van der Waals surface area contributed by atoms with Crippen LogP contribution in [0, 0.1) is 23.7 Å². The van der Waals surface area contributed by atoms with Gasteiger partial charge in [-0.3, -0.25) is 9.59 Å². The van der Waals surface area contributed by atoms with Crippen LogP contribution in [0.1, 0.15) is 71.1 Å². The summed E-state index contributed by atoms with van der Waals surface area (Å²) in [6, 6.07) is 0. The Morgan fingerprint density at radius 2 is 1.96 bits per heavy atom. The van der Waals surface area contributed by atoms with E-state index in [1.165, 1.54) is 13.5 Å². The number of aliphatic hydroxyl groups excluding tert-OH is 2. The monoisotopic (exact) mass is 380 g/mol. The van der Waals surface area contributed by atoms with Crippen LogP contribution in [0.3, 0.4) is 0 Å². The van der Waals surface area contributed by atoms with E-state index in [4.69, 9.17) is 0 Å². The minimum Gasteiger partial charge on any atom is -0.469 e. The van der Waals surface area contributed by atoms with Gasteiger partial charge in [-0.05, 0) is 37.5 Å². The van der Waals surface area contributed by atoms with Gasteiger partial charge in [0.1, 0.15) is 5.78 Å². The Balaban J connectivity index is 1.74. The molecule has 0 heterocycles. The molecule has 4 atom stereocenters. The lowest BCUT2D eigenvalue weighted by Crippen LogP contribution is -2.32. The van der Waals surface area contributed by atoms with Gasteiger partial charge in [-0.2, -0.15) is 0 Å². The lowest BCUT2D eigenvalue weighted by Gasteiger charge is -2.37. The summed E-state index contributed by atoms with van der Waals surface area (Å²) in [6.07, 6.45) is 11.0. The highest BCUT2D eigenvalue weighted by Gasteiger charge is 2.40. The molecule has 0 amide bonds. The second-order valence-electron chi connectivity index (χ2n) is 8.33. The number of aliphatic hydroxyl groups is 2. The van der Waals surface area contributed by atoms with Gasteiger partial charge in [0, 0.05) is 24.7 Å². The zero-order valence-corrected chi connectivity index (χ0v) is 16.8. The van der Waals surface area contributed by atoms with Crippen molar-refractivity contribution in [3.05, 3.63) is 12.2 Å². The van der Waals surface area contributed by atoms with E-state index in [2.05, 4.69) is 11.7 Å². The fourth-order valence-electron chi connectivity index (χ4n) is 4.48. The molecule has 5 nitrogen and oxygen atoms in total. The third-order valence-corrected chi connectivity index (χ3v) is 6.47. The molecule has 0 spiro atoms. The third-order valence-electron chi connectivity index (χ3n) is 6.47. The molecule has 2 aliphatic rings. The highest BCUT2D eigenvalue weighted by atomic mass is 16.5. The van der Waals surface area contributed by atoms with Crippen molar-refractivity contribution in [3.8, 4) is 0 Å². The molecule has 27 heavy (non-hydrogen) atoms. The minimum absolute atomic E-state index is 0.135. The molecule has 0 bridgehead atoms. The number of hydrogen-bond acceptors (Lipinski definition) is 5. The van der Waals surface area contributed by atoms with Gasteiger partial charge in [-0.25, -0.2) is 0 Å². The molecule has 2 N–H and O–H groups in total. The van der Waals surface area contributed by atoms with Crippen LogP contribution in [-0.4, -0.2) is 41.3 Å². The average Bonchev–Trinajstić information content (AvgIpc) is 2.87. The second kappa shape index (κ2) is 11.0. The number of esters is 1. The van der Waals surface area contributed by atoms with Gasteiger partial charge in [0.05, 0.1) is 19.3 Å². The summed E-state index contributed by atoms with van der Waals surface area (Å²) < 4.78 is 4.63. The number of ketones is 1. The SMILES string of the molecule is CCC1CC([C@@H](O)/C=C/[C@H]2[C@H](O)CC(=O)[C@@H]2CCCCCCC(=O)OC)C1. The van der Waals surface area contributed by atoms with Crippen LogP contribution in [0.15, 0.2) is 12.2 Å². The molecule has 2 aliphatic carbocycles. The normalized spacial score (nSPS) is 31.9. The Morgan fingerprint density at radius 3 is 2.63 bits per heavy atom. The Kier molecular flexibility index (Phi) is 8.97. The van der Waals surface area contributed by atoms with E-state index in [0.29, 0.717) is 12.3 Å². The van der Waals surface area contributed by atoms with E-state index >= 15 is 0 Å². The van der Waals surface area contributed by atoms with Crippen molar-refractivity contribution in [2.45, 2.75) is 83.3 Å². The fraction of sp³-hybridized carbons (Fsp3) is 0.818. The number of ether oxygens (including phenoxy) is 1. The number of carbonyl (C=O) groups is 2. The van der Waals surface area contributed by atoms with E-state index in [-0.39, 0.29) is 30.0 Å². The summed E-state index contributed by atoms with van der Waals surface area (Å²) in [5.74, 6) is 0.705. The van der Waals surface area contributed by atoms with Crippen LogP contribution in [0.2, 0.25) is 0 Å². The van der Waals surface area contributed by atoms with Crippen molar-refractivity contribution in [2.75, 3.05) is 7.11 Å². The third kappa shape index (κ3) is 6.42. The summed E-state index contributed by atoms with van der Waals surface area (Å²) in [5, 5.41) is 20.6. The predicted molar refractivity (Wildman–Crippen MR) is 104 cm³/mol. The van der Waals surface area contributed by atoms with E-state index in [1.54, 1.807) is 0 Å². The standard InChI is InChI=1S/C22H36O5/c1-3-15-12-16(13-15)19(23)11-10-18-17(20(24)14-21(18)25)8-6-4-5-7-9-22(26)27-2/h10-11,15-19,21,23,25H,3-9,12-14H2,1-2H3/b11-10+/t15?,16?,17-,18-,19+,21-/m1/s1. The maximum absolute atomic E-state index is 12.3. The number of unbranched alkanes of at least 4 members (excludes halogenated alkanes) is 3. The van der Waals surface area contributed by atoms with Gasteiger partial charge in [0.2, 0.25) is 0 Å². The van der Waals surface area contributed by atoms with Crippen LogP contribution < -0.4 is 0 Å². The highest BCUT2D eigenvalue weighted by molar-refractivity contribution is 5.84. The Hall–Kier alpha value is -1.20. The number of carbonyl (C=O) groups excluding carboxylic acids is 2. The van der Waals surface area contributed by atoms with Gasteiger partial charge >= 0.3 is 5.97 Å². The summed E-state index contributed by atoms with van der Waals surface area (Å²) in [7, 11) is 1.40.